The van der Waals surface area contributed by atoms with Crippen molar-refractivity contribution in [2.45, 2.75) is 13.0 Å². The highest BCUT2D eigenvalue weighted by molar-refractivity contribution is 6.18. The third kappa shape index (κ3) is 2.58. The Kier molecular flexibility index (Phi) is 3.32. The van der Waals surface area contributed by atoms with Crippen LogP contribution in [0, 0.1) is 5.92 Å². The van der Waals surface area contributed by atoms with E-state index in [-0.39, 0.29) is 24.3 Å². The molecule has 1 N–H and O–H groups in total. The second-order valence-electron chi connectivity index (χ2n) is 4.05. The average molecular weight is 230 g/mol. The highest BCUT2D eigenvalue weighted by atomic mass is 16.2. The van der Waals surface area contributed by atoms with Crippen LogP contribution in [0.15, 0.2) is 35.3 Å². The summed E-state index contributed by atoms with van der Waals surface area (Å²) in [6, 6.07) is 9.71. The molecule has 4 nitrogen and oxygen atoms in total. The summed E-state index contributed by atoms with van der Waals surface area (Å²) in [4.78, 5) is 26.9. The molecular formula is C13H14N2O2. The fourth-order valence-electron chi connectivity index (χ4n) is 1.72. The summed E-state index contributed by atoms with van der Waals surface area (Å²) >= 11 is 0. The normalized spacial score (nSPS) is 21.8. The Morgan fingerprint density at radius 2 is 2.06 bits per heavy atom. The third-order valence-electron chi connectivity index (χ3n) is 2.81. The zero-order chi connectivity index (χ0) is 12.3. The van der Waals surface area contributed by atoms with Crippen molar-refractivity contribution in [1.29, 1.82) is 0 Å². The van der Waals surface area contributed by atoms with Crippen LogP contribution in [0.3, 0.4) is 0 Å². The first-order valence-corrected chi connectivity index (χ1v) is 5.57. The van der Waals surface area contributed by atoms with Crippen LogP contribution in [0.25, 0.3) is 0 Å². The van der Waals surface area contributed by atoms with Gasteiger partial charge in [-0.2, -0.15) is 0 Å². The number of ketones is 1. The Balaban J connectivity index is 2.06. The number of hydrogen-bond acceptors (Lipinski definition) is 3. The van der Waals surface area contributed by atoms with Gasteiger partial charge in [-0.25, -0.2) is 0 Å². The van der Waals surface area contributed by atoms with Crippen LogP contribution in [0.1, 0.15) is 18.5 Å². The Bertz CT molecular complexity index is 438. The SMILES string of the molecule is C[C@H](N=CC1C(=O)CNC1=O)c1ccccc1. The molecule has 0 saturated carbocycles. The molecule has 0 spiro atoms. The lowest BCUT2D eigenvalue weighted by molar-refractivity contribution is -0.124. The van der Waals surface area contributed by atoms with Crippen molar-refractivity contribution in [3.05, 3.63) is 35.9 Å². The monoisotopic (exact) mass is 230 g/mol. The molecule has 1 aliphatic heterocycles. The van der Waals surface area contributed by atoms with E-state index >= 15 is 0 Å². The highest BCUT2D eigenvalue weighted by Gasteiger charge is 2.31. The number of hydrogen-bond donors (Lipinski definition) is 1. The molecule has 4 heteroatoms. The largest absolute Gasteiger partial charge is 0.348 e. The number of carbonyl (C=O) groups is 2. The van der Waals surface area contributed by atoms with Gasteiger partial charge in [-0.3, -0.25) is 14.6 Å². The molecule has 1 unspecified atom stereocenters. The maximum Gasteiger partial charge on any atom is 0.236 e. The number of aliphatic imine (C=N–C) groups is 1. The molecule has 2 atom stereocenters. The molecule has 1 saturated heterocycles. The molecule has 1 heterocycles. The van der Waals surface area contributed by atoms with Crippen molar-refractivity contribution in [3.63, 3.8) is 0 Å². The molecule has 88 valence electrons. The molecule has 1 amide bonds. The first-order valence-electron chi connectivity index (χ1n) is 5.57. The molecule has 2 rings (SSSR count). The van der Waals surface area contributed by atoms with Crippen LogP contribution in [0.5, 0.6) is 0 Å². The van der Waals surface area contributed by atoms with Crippen LogP contribution >= 0.6 is 0 Å². The number of rotatable bonds is 3. The molecule has 0 bridgehead atoms. The summed E-state index contributed by atoms with van der Waals surface area (Å²) in [7, 11) is 0. The van der Waals surface area contributed by atoms with Crippen LogP contribution in [-0.2, 0) is 9.59 Å². The number of carbonyl (C=O) groups excluding carboxylic acids is 2. The standard InChI is InChI=1S/C13H14N2O2/c1-9(10-5-3-2-4-6-10)14-7-11-12(16)8-15-13(11)17/h2-7,9,11H,8H2,1H3,(H,15,17)/t9-,11?/m0/s1. The molecule has 1 aromatic rings. The fraction of sp³-hybridized carbons (Fsp3) is 0.308. The summed E-state index contributed by atoms with van der Waals surface area (Å²) in [5.74, 6) is -1.07. The number of benzene rings is 1. The molecule has 1 aliphatic rings. The summed E-state index contributed by atoms with van der Waals surface area (Å²) < 4.78 is 0. The van der Waals surface area contributed by atoms with Crippen LogP contribution in [0.2, 0.25) is 0 Å². The molecule has 1 fully saturated rings. The van der Waals surface area contributed by atoms with Crippen LogP contribution < -0.4 is 5.32 Å². The van der Waals surface area contributed by atoms with Gasteiger partial charge in [0.25, 0.3) is 0 Å². The Morgan fingerprint density at radius 3 is 2.65 bits per heavy atom. The highest BCUT2D eigenvalue weighted by Crippen LogP contribution is 2.16. The zero-order valence-electron chi connectivity index (χ0n) is 9.59. The lowest BCUT2D eigenvalue weighted by atomic mass is 10.1. The van der Waals surface area contributed by atoms with E-state index in [0.717, 1.165) is 5.56 Å². The molecule has 0 radical (unpaired) electrons. The molecular weight excluding hydrogens is 216 g/mol. The summed E-state index contributed by atoms with van der Waals surface area (Å²) in [5, 5.41) is 2.50. The average Bonchev–Trinajstić information content (AvgIpc) is 2.67. The van der Waals surface area contributed by atoms with Crippen molar-refractivity contribution < 1.29 is 9.59 Å². The second kappa shape index (κ2) is 4.91. The minimum atomic E-state index is -0.707. The van der Waals surface area contributed by atoms with Gasteiger partial charge in [-0.15, -0.1) is 0 Å². The maximum atomic E-state index is 11.4. The lowest BCUT2D eigenvalue weighted by Gasteiger charge is -2.06. The second-order valence-corrected chi connectivity index (χ2v) is 4.05. The number of Topliss-reactive ketones (excluding diaryl/α,β-unsaturated/α-hetero) is 1. The van der Waals surface area contributed by atoms with Crippen LogP contribution in [-0.4, -0.2) is 24.4 Å². The fourth-order valence-corrected chi connectivity index (χ4v) is 1.72. The summed E-state index contributed by atoms with van der Waals surface area (Å²) in [6.07, 6.45) is 1.46. The molecule has 0 aliphatic carbocycles. The van der Waals surface area contributed by atoms with Gasteiger partial charge in [0.1, 0.15) is 5.92 Å². The zero-order valence-corrected chi connectivity index (χ0v) is 9.59. The van der Waals surface area contributed by atoms with E-state index in [1.165, 1.54) is 6.21 Å². The Labute approximate surface area is 99.7 Å². The minimum absolute atomic E-state index is 0.0441. The van der Waals surface area contributed by atoms with E-state index in [1.54, 1.807) is 0 Å². The van der Waals surface area contributed by atoms with Gasteiger partial charge >= 0.3 is 0 Å². The van der Waals surface area contributed by atoms with Crippen molar-refractivity contribution in [1.82, 2.24) is 5.32 Å². The maximum absolute atomic E-state index is 11.4. The van der Waals surface area contributed by atoms with Gasteiger partial charge in [0.2, 0.25) is 5.91 Å². The molecule has 1 aromatic carbocycles. The van der Waals surface area contributed by atoms with Gasteiger partial charge < -0.3 is 5.32 Å². The van der Waals surface area contributed by atoms with E-state index in [0.29, 0.717) is 0 Å². The van der Waals surface area contributed by atoms with Crippen LogP contribution in [0.4, 0.5) is 0 Å². The smallest absolute Gasteiger partial charge is 0.236 e. The third-order valence-corrected chi connectivity index (χ3v) is 2.81. The van der Waals surface area contributed by atoms with E-state index in [2.05, 4.69) is 10.3 Å². The molecule has 0 aromatic heterocycles. The minimum Gasteiger partial charge on any atom is -0.348 e. The van der Waals surface area contributed by atoms with Crippen molar-refractivity contribution in [3.8, 4) is 0 Å². The lowest BCUT2D eigenvalue weighted by Crippen LogP contribution is -2.21. The summed E-state index contributed by atoms with van der Waals surface area (Å²) in [6.45, 7) is 2.05. The van der Waals surface area contributed by atoms with E-state index in [9.17, 15) is 9.59 Å². The summed E-state index contributed by atoms with van der Waals surface area (Å²) in [5.41, 5.74) is 1.06. The predicted octanol–water partition coefficient (Wildman–Crippen LogP) is 1.13. The van der Waals surface area contributed by atoms with Crippen molar-refractivity contribution >= 4 is 17.9 Å². The van der Waals surface area contributed by atoms with Gasteiger partial charge in [-0.1, -0.05) is 30.3 Å². The number of nitrogens with zero attached hydrogens (tertiary/aromatic N) is 1. The van der Waals surface area contributed by atoms with E-state index < -0.39 is 5.92 Å². The molecule has 17 heavy (non-hydrogen) atoms. The first-order chi connectivity index (χ1) is 8.18. The Hall–Kier alpha value is -1.97. The van der Waals surface area contributed by atoms with E-state index in [1.807, 2.05) is 37.3 Å². The van der Waals surface area contributed by atoms with Gasteiger partial charge in [-0.05, 0) is 12.5 Å². The topological polar surface area (TPSA) is 58.5 Å². The number of amides is 1. The first kappa shape index (κ1) is 11.5. The van der Waals surface area contributed by atoms with Crippen molar-refractivity contribution in [2.75, 3.05) is 6.54 Å². The van der Waals surface area contributed by atoms with Gasteiger partial charge in [0.15, 0.2) is 5.78 Å². The Morgan fingerprint density at radius 1 is 1.35 bits per heavy atom. The predicted molar refractivity (Wildman–Crippen MR) is 64.9 cm³/mol. The van der Waals surface area contributed by atoms with E-state index in [4.69, 9.17) is 0 Å². The van der Waals surface area contributed by atoms with Gasteiger partial charge in [0, 0.05) is 6.21 Å². The van der Waals surface area contributed by atoms with Gasteiger partial charge in [0.05, 0.1) is 12.6 Å². The van der Waals surface area contributed by atoms with Crippen molar-refractivity contribution in [2.24, 2.45) is 10.9 Å². The number of nitrogens with one attached hydrogen (secondary N) is 1. The quantitative estimate of drug-likeness (QED) is 0.625.